The molecule has 0 amide bonds. The first-order valence-electron chi connectivity index (χ1n) is 7.01. The Morgan fingerprint density at radius 1 is 1.29 bits per heavy atom. The summed E-state index contributed by atoms with van der Waals surface area (Å²) in [5, 5.41) is 3.80. The fourth-order valence-corrected chi connectivity index (χ4v) is 3.88. The van der Waals surface area contributed by atoms with E-state index in [1.165, 1.54) is 64.0 Å². The predicted molar refractivity (Wildman–Crippen MR) is 77.8 cm³/mol. The van der Waals surface area contributed by atoms with Crippen LogP contribution in [0.5, 0.6) is 0 Å². The number of rotatable bonds is 5. The Hall–Kier alpha value is 0.01000. The first-order valence-corrected chi connectivity index (χ1v) is 8.16. The number of nitrogens with zero attached hydrogens (tertiary/aromatic N) is 1. The molecule has 1 N–H and O–H groups in total. The quantitative estimate of drug-likeness (QED) is 0.599. The van der Waals surface area contributed by atoms with Crippen LogP contribution in [0.4, 0.5) is 0 Å². The van der Waals surface area contributed by atoms with Crippen molar-refractivity contribution in [2.45, 2.75) is 37.6 Å². The van der Waals surface area contributed by atoms with Gasteiger partial charge in [-0.3, -0.25) is 4.90 Å². The highest BCUT2D eigenvalue weighted by atomic mass is 32.2. The van der Waals surface area contributed by atoms with E-state index in [1.54, 1.807) is 0 Å². The molecule has 1 aliphatic carbocycles. The number of piperazine rings is 1. The Labute approximate surface area is 110 Å². The molecule has 0 bridgehead atoms. The lowest BCUT2D eigenvalue weighted by Crippen LogP contribution is -2.61. The average molecular weight is 254 g/mol. The van der Waals surface area contributed by atoms with Crippen LogP contribution in [0.1, 0.15) is 32.1 Å². The third-order valence-corrected chi connectivity index (χ3v) is 5.00. The minimum absolute atomic E-state index is 0.472. The summed E-state index contributed by atoms with van der Waals surface area (Å²) in [5.74, 6) is 2.35. The highest BCUT2D eigenvalue weighted by Crippen LogP contribution is 2.30. The van der Waals surface area contributed by atoms with Crippen LogP contribution in [-0.2, 0) is 0 Å². The van der Waals surface area contributed by atoms with Gasteiger partial charge in [0.1, 0.15) is 0 Å². The van der Waals surface area contributed by atoms with Crippen molar-refractivity contribution >= 4 is 11.8 Å². The zero-order valence-electron chi connectivity index (χ0n) is 10.9. The first kappa shape index (κ1) is 13.4. The SMILES string of the molecule is C=CCSCCN1CCNC2(CCCCC2)C1. The Morgan fingerprint density at radius 3 is 2.88 bits per heavy atom. The average Bonchev–Trinajstić information content (AvgIpc) is 2.36. The van der Waals surface area contributed by atoms with Crippen LogP contribution in [0, 0.1) is 0 Å². The maximum absolute atomic E-state index is 3.80. The molecule has 0 aromatic rings. The molecule has 2 fully saturated rings. The number of hydrogen-bond donors (Lipinski definition) is 1. The van der Waals surface area contributed by atoms with E-state index in [1.807, 2.05) is 17.8 Å². The van der Waals surface area contributed by atoms with Gasteiger partial charge in [0.2, 0.25) is 0 Å². The van der Waals surface area contributed by atoms with E-state index in [0.717, 1.165) is 5.75 Å². The van der Waals surface area contributed by atoms with Gasteiger partial charge in [-0.05, 0) is 12.8 Å². The normalized spacial score (nSPS) is 24.9. The predicted octanol–water partition coefficient (Wildman–Crippen LogP) is 2.51. The molecular formula is C14H26N2S. The van der Waals surface area contributed by atoms with E-state index in [0.29, 0.717) is 5.54 Å². The van der Waals surface area contributed by atoms with E-state index >= 15 is 0 Å². The Bertz CT molecular complexity index is 231. The van der Waals surface area contributed by atoms with Gasteiger partial charge < -0.3 is 5.32 Å². The van der Waals surface area contributed by atoms with Crippen molar-refractivity contribution in [2.24, 2.45) is 0 Å². The van der Waals surface area contributed by atoms with Gasteiger partial charge in [0.25, 0.3) is 0 Å². The Balaban J connectivity index is 1.74. The minimum atomic E-state index is 0.472. The van der Waals surface area contributed by atoms with Crippen molar-refractivity contribution in [1.29, 1.82) is 0 Å². The van der Waals surface area contributed by atoms with Crippen molar-refractivity contribution in [3.63, 3.8) is 0 Å². The summed E-state index contributed by atoms with van der Waals surface area (Å²) < 4.78 is 0. The van der Waals surface area contributed by atoms with Crippen LogP contribution >= 0.6 is 11.8 Å². The second kappa shape index (κ2) is 6.81. The summed E-state index contributed by atoms with van der Waals surface area (Å²) in [6, 6.07) is 0. The molecule has 2 rings (SSSR count). The van der Waals surface area contributed by atoms with Gasteiger partial charge in [-0.1, -0.05) is 25.3 Å². The molecule has 1 heterocycles. The van der Waals surface area contributed by atoms with Crippen LogP contribution in [0.15, 0.2) is 12.7 Å². The Kier molecular flexibility index (Phi) is 5.39. The van der Waals surface area contributed by atoms with Gasteiger partial charge in [0.15, 0.2) is 0 Å². The molecule has 1 saturated carbocycles. The lowest BCUT2D eigenvalue weighted by molar-refractivity contribution is 0.104. The van der Waals surface area contributed by atoms with Crippen LogP contribution < -0.4 is 5.32 Å². The highest BCUT2D eigenvalue weighted by molar-refractivity contribution is 7.99. The summed E-state index contributed by atoms with van der Waals surface area (Å²) in [6.07, 6.45) is 9.08. The largest absolute Gasteiger partial charge is 0.309 e. The molecule has 0 aromatic heterocycles. The first-order chi connectivity index (χ1) is 8.35. The van der Waals surface area contributed by atoms with Crippen LogP contribution in [0.25, 0.3) is 0 Å². The third-order valence-electron chi connectivity index (χ3n) is 4.05. The molecule has 0 radical (unpaired) electrons. The Morgan fingerprint density at radius 2 is 2.12 bits per heavy atom. The second-order valence-corrected chi connectivity index (χ2v) is 6.56. The smallest absolute Gasteiger partial charge is 0.0309 e. The molecule has 0 atom stereocenters. The topological polar surface area (TPSA) is 15.3 Å². The lowest BCUT2D eigenvalue weighted by Gasteiger charge is -2.46. The summed E-state index contributed by atoms with van der Waals surface area (Å²) in [7, 11) is 0. The zero-order valence-corrected chi connectivity index (χ0v) is 11.7. The molecule has 17 heavy (non-hydrogen) atoms. The second-order valence-electron chi connectivity index (χ2n) is 5.41. The zero-order chi connectivity index (χ0) is 12.0. The lowest BCUT2D eigenvalue weighted by atomic mass is 9.80. The molecule has 3 heteroatoms. The van der Waals surface area contributed by atoms with E-state index in [9.17, 15) is 0 Å². The van der Waals surface area contributed by atoms with Gasteiger partial charge in [-0.2, -0.15) is 11.8 Å². The van der Waals surface area contributed by atoms with Gasteiger partial charge in [-0.15, -0.1) is 6.58 Å². The van der Waals surface area contributed by atoms with Crippen LogP contribution in [0.2, 0.25) is 0 Å². The highest BCUT2D eigenvalue weighted by Gasteiger charge is 2.35. The van der Waals surface area contributed by atoms with Crippen molar-refractivity contribution in [2.75, 3.05) is 37.7 Å². The van der Waals surface area contributed by atoms with E-state index in [2.05, 4.69) is 16.8 Å². The van der Waals surface area contributed by atoms with Crippen molar-refractivity contribution in [1.82, 2.24) is 10.2 Å². The molecule has 0 aromatic carbocycles. The summed E-state index contributed by atoms with van der Waals surface area (Å²) >= 11 is 2.00. The molecule has 1 saturated heterocycles. The van der Waals surface area contributed by atoms with Crippen molar-refractivity contribution < 1.29 is 0 Å². The molecule has 0 unspecified atom stereocenters. The monoisotopic (exact) mass is 254 g/mol. The number of thioether (sulfide) groups is 1. The van der Waals surface area contributed by atoms with Gasteiger partial charge >= 0.3 is 0 Å². The molecule has 1 spiro atoms. The van der Waals surface area contributed by atoms with Gasteiger partial charge in [-0.25, -0.2) is 0 Å². The van der Waals surface area contributed by atoms with Crippen LogP contribution in [0.3, 0.4) is 0 Å². The fraction of sp³-hybridized carbons (Fsp3) is 0.857. The van der Waals surface area contributed by atoms with Gasteiger partial charge in [0.05, 0.1) is 0 Å². The maximum atomic E-state index is 3.80. The molecule has 98 valence electrons. The van der Waals surface area contributed by atoms with E-state index < -0.39 is 0 Å². The number of nitrogens with one attached hydrogen (secondary N) is 1. The summed E-state index contributed by atoms with van der Waals surface area (Å²) in [4.78, 5) is 2.66. The summed E-state index contributed by atoms with van der Waals surface area (Å²) in [5.41, 5.74) is 0.472. The van der Waals surface area contributed by atoms with Crippen LogP contribution in [-0.4, -0.2) is 48.1 Å². The van der Waals surface area contributed by atoms with E-state index in [-0.39, 0.29) is 0 Å². The fourth-order valence-electron chi connectivity index (χ4n) is 3.16. The maximum Gasteiger partial charge on any atom is 0.0309 e. The molecule has 2 aliphatic rings. The molecule has 1 aliphatic heterocycles. The minimum Gasteiger partial charge on any atom is -0.309 e. The summed E-state index contributed by atoms with van der Waals surface area (Å²) in [6.45, 7) is 8.72. The number of hydrogen-bond acceptors (Lipinski definition) is 3. The van der Waals surface area contributed by atoms with E-state index in [4.69, 9.17) is 0 Å². The molecular weight excluding hydrogens is 228 g/mol. The molecule has 2 nitrogen and oxygen atoms in total. The van der Waals surface area contributed by atoms with Gasteiger partial charge in [0, 0.05) is 43.2 Å². The van der Waals surface area contributed by atoms with Crippen molar-refractivity contribution in [3.05, 3.63) is 12.7 Å². The van der Waals surface area contributed by atoms with Crippen molar-refractivity contribution in [3.8, 4) is 0 Å². The standard InChI is InChI=1S/C14H26N2S/c1-2-11-17-12-10-16-9-8-15-14(13-16)6-4-3-5-7-14/h2,15H,1,3-13H2. The third kappa shape index (κ3) is 4.01.